The minimum Gasteiger partial charge on any atom is -0.363 e. The van der Waals surface area contributed by atoms with E-state index >= 15 is 0 Å². The van der Waals surface area contributed by atoms with E-state index in [4.69, 9.17) is 4.74 Å². The number of morpholine rings is 1. The molecule has 1 spiro atoms. The average Bonchev–Trinajstić information content (AvgIpc) is 2.88. The zero-order chi connectivity index (χ0) is 18.0. The molecule has 1 aromatic carbocycles. The number of likely N-dealkylation sites (tertiary alicyclic amines) is 1. The summed E-state index contributed by atoms with van der Waals surface area (Å²) in [5, 5.41) is 0. The van der Waals surface area contributed by atoms with Gasteiger partial charge in [0.05, 0.1) is 12.1 Å². The van der Waals surface area contributed by atoms with E-state index in [9.17, 15) is 9.18 Å². The molecule has 3 fully saturated rings. The molecule has 0 N–H and O–H groups in total. The molecule has 4 rings (SSSR count). The van der Waals surface area contributed by atoms with Crippen molar-refractivity contribution in [3.63, 3.8) is 0 Å². The van der Waals surface area contributed by atoms with E-state index in [0.29, 0.717) is 6.54 Å². The minimum absolute atomic E-state index is 0.0318. The Morgan fingerprint density at radius 1 is 1.00 bits per heavy atom. The predicted octanol–water partition coefficient (Wildman–Crippen LogP) is 3.75. The maximum absolute atomic E-state index is 13.2. The highest BCUT2D eigenvalue weighted by molar-refractivity contribution is 5.95. The Labute approximate surface area is 155 Å². The largest absolute Gasteiger partial charge is 0.363 e. The van der Waals surface area contributed by atoms with Crippen LogP contribution in [0, 0.1) is 5.82 Å². The molecule has 142 valence electrons. The second-order valence-electron chi connectivity index (χ2n) is 8.11. The lowest BCUT2D eigenvalue weighted by Gasteiger charge is -2.42. The van der Waals surface area contributed by atoms with Gasteiger partial charge in [0.1, 0.15) is 12.4 Å². The third-order valence-electron chi connectivity index (χ3n) is 6.41. The molecule has 1 unspecified atom stereocenters. The van der Waals surface area contributed by atoms with Crippen LogP contribution in [0.2, 0.25) is 0 Å². The Morgan fingerprint density at radius 2 is 1.77 bits per heavy atom. The fraction of sp³-hybridized carbons (Fsp3) is 0.667. The summed E-state index contributed by atoms with van der Waals surface area (Å²) >= 11 is 0. The molecular weight excluding hydrogens is 331 g/mol. The van der Waals surface area contributed by atoms with Crippen molar-refractivity contribution in [3.05, 3.63) is 30.1 Å². The second kappa shape index (κ2) is 7.65. The second-order valence-corrected chi connectivity index (χ2v) is 8.11. The van der Waals surface area contributed by atoms with Gasteiger partial charge in [-0.25, -0.2) is 4.39 Å². The zero-order valence-corrected chi connectivity index (χ0v) is 15.5. The van der Waals surface area contributed by atoms with Crippen LogP contribution in [-0.2, 0) is 9.53 Å². The van der Waals surface area contributed by atoms with Crippen LogP contribution in [0.3, 0.4) is 0 Å². The fourth-order valence-corrected chi connectivity index (χ4v) is 4.87. The van der Waals surface area contributed by atoms with Crippen molar-refractivity contribution in [2.75, 3.05) is 31.1 Å². The summed E-state index contributed by atoms with van der Waals surface area (Å²) in [5.41, 5.74) is 0.513. The molecule has 2 saturated heterocycles. The first-order valence-corrected chi connectivity index (χ1v) is 10.1. The topological polar surface area (TPSA) is 32.8 Å². The molecule has 2 heterocycles. The molecular formula is C21H29FN2O2. The van der Waals surface area contributed by atoms with Crippen LogP contribution >= 0.6 is 0 Å². The van der Waals surface area contributed by atoms with Crippen molar-refractivity contribution in [3.8, 4) is 0 Å². The van der Waals surface area contributed by atoms with Gasteiger partial charge in [-0.15, -0.1) is 0 Å². The maximum atomic E-state index is 13.2. The number of anilines is 1. The molecule has 5 heteroatoms. The van der Waals surface area contributed by atoms with E-state index in [1.807, 2.05) is 0 Å². The lowest BCUT2D eigenvalue weighted by atomic mass is 9.91. The summed E-state index contributed by atoms with van der Waals surface area (Å²) in [5.74, 6) is -0.308. The van der Waals surface area contributed by atoms with Crippen LogP contribution in [0.25, 0.3) is 0 Å². The number of halogens is 1. The summed E-state index contributed by atoms with van der Waals surface area (Å²) in [7, 11) is 0. The van der Waals surface area contributed by atoms with Gasteiger partial charge in [-0.1, -0.05) is 19.3 Å². The van der Waals surface area contributed by atoms with Gasteiger partial charge in [-0.2, -0.15) is 0 Å². The van der Waals surface area contributed by atoms with Crippen molar-refractivity contribution in [1.29, 1.82) is 0 Å². The molecule has 1 saturated carbocycles. The van der Waals surface area contributed by atoms with Crippen molar-refractivity contribution in [2.24, 2.45) is 0 Å². The molecule has 3 aliphatic rings. The molecule has 0 bridgehead atoms. The highest BCUT2D eigenvalue weighted by Crippen LogP contribution is 2.34. The number of ether oxygens (including phenoxy) is 1. The highest BCUT2D eigenvalue weighted by Gasteiger charge is 2.42. The number of benzene rings is 1. The Morgan fingerprint density at radius 3 is 2.54 bits per heavy atom. The van der Waals surface area contributed by atoms with Gasteiger partial charge >= 0.3 is 0 Å². The van der Waals surface area contributed by atoms with Crippen molar-refractivity contribution < 1.29 is 13.9 Å². The summed E-state index contributed by atoms with van der Waals surface area (Å²) in [6.07, 6.45) is 9.82. The van der Waals surface area contributed by atoms with Gasteiger partial charge in [0.2, 0.25) is 0 Å². The van der Waals surface area contributed by atoms with Crippen molar-refractivity contribution in [2.45, 2.75) is 63.0 Å². The fourth-order valence-electron chi connectivity index (χ4n) is 4.87. The van der Waals surface area contributed by atoms with Crippen molar-refractivity contribution >= 4 is 11.6 Å². The molecule has 1 aromatic rings. The standard InChI is InChI=1S/C21H29FN2O2/c22-17-7-9-19(10-8-17)24-16-21(26-15-20(24)25)11-4-13-23(14-12-21)18-5-2-1-3-6-18/h7-10,18H,1-6,11-16H2. The van der Waals surface area contributed by atoms with Gasteiger partial charge < -0.3 is 14.5 Å². The molecule has 1 atom stereocenters. The SMILES string of the molecule is O=C1COC2(CCCN(C3CCCCC3)CC2)CN1c1ccc(F)cc1. The van der Waals surface area contributed by atoms with Gasteiger partial charge in [0.25, 0.3) is 5.91 Å². The summed E-state index contributed by atoms with van der Waals surface area (Å²) in [6.45, 7) is 2.90. The monoisotopic (exact) mass is 360 g/mol. The maximum Gasteiger partial charge on any atom is 0.253 e. The van der Waals surface area contributed by atoms with Crippen LogP contribution < -0.4 is 4.90 Å². The number of rotatable bonds is 2. The van der Waals surface area contributed by atoms with Gasteiger partial charge in [-0.05, 0) is 62.9 Å². The Balaban J connectivity index is 1.45. The lowest BCUT2D eigenvalue weighted by Crippen LogP contribution is -2.55. The Hall–Kier alpha value is -1.46. The van der Waals surface area contributed by atoms with Crippen molar-refractivity contribution in [1.82, 2.24) is 4.90 Å². The first kappa shape index (κ1) is 17.9. The first-order valence-electron chi connectivity index (χ1n) is 10.1. The quantitative estimate of drug-likeness (QED) is 0.805. The van der Waals surface area contributed by atoms with Crippen LogP contribution in [0.4, 0.5) is 10.1 Å². The molecule has 26 heavy (non-hydrogen) atoms. The van der Waals surface area contributed by atoms with Crippen LogP contribution in [0.5, 0.6) is 0 Å². The molecule has 4 nitrogen and oxygen atoms in total. The summed E-state index contributed by atoms with van der Waals surface area (Å²) < 4.78 is 19.4. The predicted molar refractivity (Wildman–Crippen MR) is 99.7 cm³/mol. The zero-order valence-electron chi connectivity index (χ0n) is 15.5. The number of carbonyl (C=O) groups excluding carboxylic acids is 1. The highest BCUT2D eigenvalue weighted by atomic mass is 19.1. The number of carbonyl (C=O) groups is 1. The summed E-state index contributed by atoms with van der Waals surface area (Å²) in [6, 6.07) is 6.96. The third-order valence-corrected chi connectivity index (χ3v) is 6.41. The number of nitrogens with zero attached hydrogens (tertiary/aromatic N) is 2. The molecule has 1 amide bonds. The third kappa shape index (κ3) is 3.79. The number of amides is 1. The smallest absolute Gasteiger partial charge is 0.253 e. The molecule has 1 aliphatic carbocycles. The van der Waals surface area contributed by atoms with Gasteiger partial charge in [-0.3, -0.25) is 4.79 Å². The van der Waals surface area contributed by atoms with E-state index in [1.165, 1.54) is 44.2 Å². The van der Waals surface area contributed by atoms with Gasteiger partial charge in [0, 0.05) is 18.3 Å². The van der Waals surface area contributed by atoms with E-state index in [0.717, 1.165) is 44.1 Å². The molecule has 0 radical (unpaired) electrons. The van der Waals surface area contributed by atoms with E-state index in [1.54, 1.807) is 17.0 Å². The average molecular weight is 360 g/mol. The Bertz CT molecular complexity index is 629. The molecule has 0 aromatic heterocycles. The number of hydrogen-bond acceptors (Lipinski definition) is 3. The summed E-state index contributed by atoms with van der Waals surface area (Å²) in [4.78, 5) is 16.9. The minimum atomic E-state index is -0.276. The lowest BCUT2D eigenvalue weighted by molar-refractivity contribution is -0.140. The molecule has 2 aliphatic heterocycles. The normalized spacial score (nSPS) is 29.1. The first-order chi connectivity index (χ1) is 12.7. The van der Waals surface area contributed by atoms with Crippen LogP contribution in [-0.4, -0.2) is 48.7 Å². The van der Waals surface area contributed by atoms with E-state index in [-0.39, 0.29) is 23.9 Å². The number of hydrogen-bond donors (Lipinski definition) is 0. The van der Waals surface area contributed by atoms with E-state index < -0.39 is 0 Å². The Kier molecular flexibility index (Phi) is 5.28. The van der Waals surface area contributed by atoms with Gasteiger partial charge in [0.15, 0.2) is 0 Å². The van der Waals surface area contributed by atoms with Crippen LogP contribution in [0.15, 0.2) is 24.3 Å². The van der Waals surface area contributed by atoms with E-state index in [2.05, 4.69) is 4.90 Å². The van der Waals surface area contributed by atoms with Crippen LogP contribution in [0.1, 0.15) is 51.4 Å².